The molecular formula is C26H21ClFNO4S. The van der Waals surface area contributed by atoms with E-state index in [1.54, 1.807) is 30.3 Å². The number of ether oxygens (including phenoxy) is 2. The molecule has 0 N–H and O–H groups in total. The van der Waals surface area contributed by atoms with E-state index in [-0.39, 0.29) is 30.1 Å². The molecule has 34 heavy (non-hydrogen) atoms. The first kappa shape index (κ1) is 23.9. The molecule has 0 unspecified atom stereocenters. The van der Waals surface area contributed by atoms with Crippen LogP contribution in [-0.2, 0) is 17.9 Å². The number of carbonyl (C=O) groups excluding carboxylic acids is 2. The van der Waals surface area contributed by atoms with Crippen molar-refractivity contribution in [2.75, 3.05) is 6.61 Å². The van der Waals surface area contributed by atoms with Gasteiger partial charge >= 0.3 is 0 Å². The predicted octanol–water partition coefficient (Wildman–Crippen LogP) is 6.69. The largest absolute Gasteiger partial charge is 0.490 e. The molecule has 0 radical (unpaired) electrons. The molecule has 0 saturated carbocycles. The molecule has 174 valence electrons. The number of amides is 2. The lowest BCUT2D eigenvalue weighted by atomic mass is 10.1. The van der Waals surface area contributed by atoms with Crippen molar-refractivity contribution in [3.8, 4) is 11.5 Å². The van der Waals surface area contributed by atoms with Crippen LogP contribution in [0.15, 0.2) is 71.6 Å². The van der Waals surface area contributed by atoms with E-state index in [2.05, 4.69) is 0 Å². The van der Waals surface area contributed by atoms with Crippen LogP contribution in [0.5, 0.6) is 11.5 Å². The van der Waals surface area contributed by atoms with Crippen molar-refractivity contribution in [1.29, 1.82) is 0 Å². The lowest BCUT2D eigenvalue weighted by Gasteiger charge is -2.15. The molecule has 4 rings (SSSR count). The average molecular weight is 498 g/mol. The summed E-state index contributed by atoms with van der Waals surface area (Å²) < 4.78 is 24.7. The summed E-state index contributed by atoms with van der Waals surface area (Å²) >= 11 is 7.37. The molecule has 0 aliphatic carbocycles. The third-order valence-corrected chi connectivity index (χ3v) is 6.17. The van der Waals surface area contributed by atoms with Crippen molar-refractivity contribution in [2.45, 2.75) is 20.1 Å². The summed E-state index contributed by atoms with van der Waals surface area (Å²) in [5.74, 6) is 0.0768. The minimum Gasteiger partial charge on any atom is -0.490 e. The van der Waals surface area contributed by atoms with Crippen molar-refractivity contribution >= 4 is 40.6 Å². The SMILES string of the molecule is CCOc1cc(/C=C2\SC(=O)N(Cc3ccccc3)C2=O)cc(Cl)c1OCc1ccc(F)cc1. The van der Waals surface area contributed by atoms with Gasteiger partial charge in [0.05, 0.1) is 23.1 Å². The molecular weight excluding hydrogens is 477 g/mol. The van der Waals surface area contributed by atoms with E-state index in [0.29, 0.717) is 33.6 Å². The molecule has 0 aromatic heterocycles. The third kappa shape index (κ3) is 5.61. The highest BCUT2D eigenvalue weighted by Crippen LogP contribution is 2.39. The van der Waals surface area contributed by atoms with Crippen LogP contribution in [0, 0.1) is 5.82 Å². The van der Waals surface area contributed by atoms with Crippen LogP contribution < -0.4 is 9.47 Å². The standard InChI is InChI=1S/C26H21ClFNO4S/c1-2-32-22-13-19(12-21(27)24(22)33-16-18-8-10-20(28)11-9-18)14-23-25(30)29(26(31)34-23)15-17-6-4-3-5-7-17/h3-14H,2,15-16H2,1H3/b23-14-. The summed E-state index contributed by atoms with van der Waals surface area (Å²) in [5.41, 5.74) is 2.25. The van der Waals surface area contributed by atoms with Gasteiger partial charge in [0.25, 0.3) is 11.1 Å². The van der Waals surface area contributed by atoms with Gasteiger partial charge in [0.1, 0.15) is 12.4 Å². The molecule has 8 heteroatoms. The van der Waals surface area contributed by atoms with Gasteiger partial charge in [-0.1, -0.05) is 54.1 Å². The number of thioether (sulfide) groups is 1. The zero-order chi connectivity index (χ0) is 24.1. The molecule has 1 aliphatic heterocycles. The van der Waals surface area contributed by atoms with Gasteiger partial charge in [-0.2, -0.15) is 0 Å². The van der Waals surface area contributed by atoms with Crippen molar-refractivity contribution in [3.63, 3.8) is 0 Å². The van der Waals surface area contributed by atoms with E-state index >= 15 is 0 Å². The zero-order valence-corrected chi connectivity index (χ0v) is 19.9. The molecule has 0 atom stereocenters. The van der Waals surface area contributed by atoms with Gasteiger partial charge in [-0.3, -0.25) is 14.5 Å². The van der Waals surface area contributed by atoms with E-state index in [1.807, 2.05) is 37.3 Å². The highest BCUT2D eigenvalue weighted by Gasteiger charge is 2.35. The van der Waals surface area contributed by atoms with Gasteiger partial charge in [-0.05, 0) is 65.7 Å². The highest BCUT2D eigenvalue weighted by atomic mass is 35.5. The lowest BCUT2D eigenvalue weighted by Crippen LogP contribution is -2.27. The Morgan fingerprint density at radius 3 is 2.44 bits per heavy atom. The fraction of sp³-hybridized carbons (Fsp3) is 0.154. The third-order valence-electron chi connectivity index (χ3n) is 4.98. The summed E-state index contributed by atoms with van der Waals surface area (Å²) in [4.78, 5) is 26.8. The number of hydrogen-bond donors (Lipinski definition) is 0. The lowest BCUT2D eigenvalue weighted by molar-refractivity contribution is -0.123. The van der Waals surface area contributed by atoms with Crippen molar-refractivity contribution < 1.29 is 23.5 Å². The summed E-state index contributed by atoms with van der Waals surface area (Å²) in [6, 6.07) is 18.7. The predicted molar refractivity (Wildman–Crippen MR) is 131 cm³/mol. The topological polar surface area (TPSA) is 55.8 Å². The average Bonchev–Trinajstić information content (AvgIpc) is 3.08. The van der Waals surface area contributed by atoms with Crippen molar-refractivity contribution in [1.82, 2.24) is 4.90 Å². The van der Waals surface area contributed by atoms with Crippen LogP contribution in [0.2, 0.25) is 5.02 Å². The van der Waals surface area contributed by atoms with Crippen LogP contribution in [0.25, 0.3) is 6.08 Å². The highest BCUT2D eigenvalue weighted by molar-refractivity contribution is 8.18. The second-order valence-electron chi connectivity index (χ2n) is 7.43. The van der Waals surface area contributed by atoms with Gasteiger partial charge in [-0.25, -0.2) is 4.39 Å². The van der Waals surface area contributed by atoms with E-state index in [0.717, 1.165) is 22.9 Å². The monoisotopic (exact) mass is 497 g/mol. The van der Waals surface area contributed by atoms with Crippen molar-refractivity contribution in [2.24, 2.45) is 0 Å². The molecule has 1 fully saturated rings. The summed E-state index contributed by atoms with van der Waals surface area (Å²) in [7, 11) is 0. The van der Waals surface area contributed by atoms with Gasteiger partial charge in [-0.15, -0.1) is 0 Å². The van der Waals surface area contributed by atoms with Crippen molar-refractivity contribution in [3.05, 3.63) is 99.2 Å². The summed E-state index contributed by atoms with van der Waals surface area (Å²) in [6.07, 6.45) is 1.62. The van der Waals surface area contributed by atoms with Gasteiger partial charge in [0.2, 0.25) is 0 Å². The number of hydrogen-bond acceptors (Lipinski definition) is 5. The molecule has 3 aromatic rings. The Morgan fingerprint density at radius 1 is 1.00 bits per heavy atom. The molecule has 3 aromatic carbocycles. The quantitative estimate of drug-likeness (QED) is 0.324. The van der Waals surface area contributed by atoms with Gasteiger partial charge < -0.3 is 9.47 Å². The molecule has 1 heterocycles. The Labute approximate surface area is 206 Å². The summed E-state index contributed by atoms with van der Waals surface area (Å²) in [6.45, 7) is 2.60. The second kappa shape index (κ2) is 10.8. The number of halogens is 2. The summed E-state index contributed by atoms with van der Waals surface area (Å²) in [5, 5.41) is -0.0293. The van der Waals surface area contributed by atoms with E-state index in [1.165, 1.54) is 17.0 Å². The Balaban J connectivity index is 1.55. The normalized spacial score (nSPS) is 14.7. The number of benzene rings is 3. The maximum absolute atomic E-state index is 13.1. The minimum absolute atomic E-state index is 0.178. The Morgan fingerprint density at radius 2 is 1.74 bits per heavy atom. The van der Waals surface area contributed by atoms with Crippen LogP contribution in [0.4, 0.5) is 9.18 Å². The van der Waals surface area contributed by atoms with Crippen LogP contribution in [0.1, 0.15) is 23.6 Å². The first-order chi connectivity index (χ1) is 16.4. The van der Waals surface area contributed by atoms with Crippen LogP contribution in [0.3, 0.4) is 0 Å². The molecule has 5 nitrogen and oxygen atoms in total. The van der Waals surface area contributed by atoms with Crippen LogP contribution >= 0.6 is 23.4 Å². The first-order valence-electron chi connectivity index (χ1n) is 10.6. The molecule has 0 spiro atoms. The molecule has 1 saturated heterocycles. The maximum atomic E-state index is 13.1. The molecule has 2 amide bonds. The second-order valence-corrected chi connectivity index (χ2v) is 8.83. The van der Waals surface area contributed by atoms with E-state index in [9.17, 15) is 14.0 Å². The number of imide groups is 1. The maximum Gasteiger partial charge on any atom is 0.293 e. The molecule has 1 aliphatic rings. The van der Waals surface area contributed by atoms with Crippen LogP contribution in [-0.4, -0.2) is 22.7 Å². The Hall–Kier alpha value is -3.29. The number of carbonyl (C=O) groups is 2. The van der Waals surface area contributed by atoms with E-state index < -0.39 is 0 Å². The number of nitrogens with zero attached hydrogens (tertiary/aromatic N) is 1. The van der Waals surface area contributed by atoms with E-state index in [4.69, 9.17) is 21.1 Å². The molecule has 0 bridgehead atoms. The Kier molecular flexibility index (Phi) is 7.55. The number of rotatable bonds is 8. The fourth-order valence-corrected chi connectivity index (χ4v) is 4.48. The van der Waals surface area contributed by atoms with Gasteiger partial charge in [0, 0.05) is 0 Å². The minimum atomic E-state index is -0.357. The first-order valence-corrected chi connectivity index (χ1v) is 11.8. The smallest absolute Gasteiger partial charge is 0.293 e. The Bertz CT molecular complexity index is 1230. The zero-order valence-electron chi connectivity index (χ0n) is 18.3. The van der Waals surface area contributed by atoms with Gasteiger partial charge in [0.15, 0.2) is 11.5 Å². The fourth-order valence-electron chi connectivity index (χ4n) is 3.36.